The average molecular weight is 708 g/mol. The highest BCUT2D eigenvalue weighted by molar-refractivity contribution is 5.82. The van der Waals surface area contributed by atoms with E-state index in [1.807, 2.05) is 18.2 Å². The van der Waals surface area contributed by atoms with Gasteiger partial charge in [-0.25, -0.2) is 4.79 Å². The first kappa shape index (κ1) is 40.0. The van der Waals surface area contributed by atoms with Crippen LogP contribution in [-0.2, 0) is 33.3 Å². The molecule has 4 aliphatic rings. The number of ether oxygens (including phenoxy) is 5. The first-order chi connectivity index (χ1) is 23.8. The highest BCUT2D eigenvalue weighted by Crippen LogP contribution is 2.39. The molecule has 4 heterocycles. The maximum atomic E-state index is 12.5. The van der Waals surface area contributed by atoms with Gasteiger partial charge in [-0.15, -0.1) is 0 Å². The molecule has 0 amide bonds. The van der Waals surface area contributed by atoms with Gasteiger partial charge in [-0.2, -0.15) is 0 Å². The molecule has 0 aliphatic carbocycles. The molecule has 8 N–H and O–H groups in total. The summed E-state index contributed by atoms with van der Waals surface area (Å²) in [7, 11) is 0. The molecule has 280 valence electrons. The second-order valence-corrected chi connectivity index (χ2v) is 13.5. The number of unbranched alkanes of at least 4 members (excludes halogenated alkanes) is 1. The minimum atomic E-state index is -2.10. The molecule has 50 heavy (non-hydrogen) atoms. The van der Waals surface area contributed by atoms with Crippen LogP contribution in [0.15, 0.2) is 60.8 Å². The van der Waals surface area contributed by atoms with E-state index in [9.17, 15) is 40.2 Å². The van der Waals surface area contributed by atoms with Gasteiger partial charge in [0.25, 0.3) is 0 Å². The maximum Gasteiger partial charge on any atom is 0.330 e. The van der Waals surface area contributed by atoms with Crippen LogP contribution >= 0.6 is 0 Å². The van der Waals surface area contributed by atoms with Crippen molar-refractivity contribution in [2.75, 3.05) is 0 Å². The monoisotopic (exact) mass is 707 g/mol. The van der Waals surface area contributed by atoms with Gasteiger partial charge >= 0.3 is 11.9 Å². The van der Waals surface area contributed by atoms with Crippen LogP contribution in [0.5, 0.6) is 0 Å². The number of carboxylic acids is 1. The van der Waals surface area contributed by atoms with Crippen LogP contribution in [0.4, 0.5) is 0 Å². The van der Waals surface area contributed by atoms with Crippen LogP contribution in [0.3, 0.4) is 0 Å². The smallest absolute Gasteiger partial charge is 0.330 e. The molecule has 0 aromatic rings. The van der Waals surface area contributed by atoms with E-state index in [-0.39, 0.29) is 25.4 Å². The van der Waals surface area contributed by atoms with E-state index < -0.39 is 97.3 Å². The number of aliphatic hydroxyl groups excluding tert-OH is 4. The standard InChI is InChI=1S/C36H53NO13/c1-3-4-12-23-13-10-8-6-5-7-9-11-14-24(48-35-33(42)31(37)32(41)21(2)46-35)18-28-30(34(43)44)25(39)20-36(45,50-28)19-22(38)17-27-26(49-27)15-16-29(40)47-23/h5-11,14-16,21-28,30-33,35,38-39,41-42,45H,3-4,12-13,17-20,37H2,1-2H3,(H,43,44)/b6-5+,9-7+,10-8+,14-11+,16-15+/t21-,22+,23?,24+,25+,26?,27-,28?,30-,31+,32-,33+,35+,36-/m1/s1. The fourth-order valence-electron chi connectivity index (χ4n) is 6.54. The average Bonchev–Trinajstić information content (AvgIpc) is 3.78. The first-order valence-electron chi connectivity index (χ1n) is 17.4. The number of aliphatic hydroxyl groups is 5. The lowest BCUT2D eigenvalue weighted by Gasteiger charge is -2.45. The van der Waals surface area contributed by atoms with Gasteiger partial charge in [0.05, 0.1) is 48.8 Å². The Balaban J connectivity index is 1.58. The Morgan fingerprint density at radius 3 is 2.42 bits per heavy atom. The van der Waals surface area contributed by atoms with E-state index in [0.717, 1.165) is 19.3 Å². The molecule has 14 heteroatoms. The molecule has 14 nitrogen and oxygen atoms in total. The molecule has 3 fully saturated rings. The van der Waals surface area contributed by atoms with E-state index >= 15 is 0 Å². The molecule has 0 aromatic heterocycles. The second kappa shape index (κ2) is 18.6. The van der Waals surface area contributed by atoms with Gasteiger partial charge in [0, 0.05) is 38.2 Å². The molecule has 0 saturated carbocycles. The van der Waals surface area contributed by atoms with Crippen LogP contribution in [0, 0.1) is 5.92 Å². The number of epoxide rings is 1. The van der Waals surface area contributed by atoms with Gasteiger partial charge in [-0.05, 0) is 19.4 Å². The zero-order chi connectivity index (χ0) is 36.4. The number of hydrogen-bond donors (Lipinski definition) is 7. The van der Waals surface area contributed by atoms with Gasteiger partial charge in [-0.3, -0.25) is 4.79 Å². The van der Waals surface area contributed by atoms with Crippen molar-refractivity contribution in [2.45, 2.75) is 144 Å². The van der Waals surface area contributed by atoms with E-state index in [1.165, 1.54) is 6.08 Å². The number of cyclic esters (lactones) is 1. The van der Waals surface area contributed by atoms with Gasteiger partial charge in [-0.1, -0.05) is 68.4 Å². The quantitative estimate of drug-likeness (QED) is 0.152. The highest BCUT2D eigenvalue weighted by Gasteiger charge is 2.51. The lowest BCUT2D eigenvalue weighted by atomic mass is 9.83. The summed E-state index contributed by atoms with van der Waals surface area (Å²) < 4.78 is 29.0. The van der Waals surface area contributed by atoms with Crippen molar-refractivity contribution in [1.82, 2.24) is 0 Å². The topological polar surface area (TPSA) is 231 Å². The summed E-state index contributed by atoms with van der Waals surface area (Å²) in [6.07, 6.45) is 8.24. The number of esters is 1. The van der Waals surface area contributed by atoms with E-state index in [2.05, 4.69) is 6.92 Å². The number of nitrogens with two attached hydrogens (primary N) is 1. The summed E-state index contributed by atoms with van der Waals surface area (Å²) in [6, 6.07) is -1.08. The zero-order valence-electron chi connectivity index (χ0n) is 28.6. The Morgan fingerprint density at radius 1 is 0.980 bits per heavy atom. The van der Waals surface area contributed by atoms with E-state index in [4.69, 9.17) is 29.4 Å². The summed E-state index contributed by atoms with van der Waals surface area (Å²) in [6.45, 7) is 3.64. The third-order valence-electron chi connectivity index (χ3n) is 9.35. The molecule has 3 unspecified atom stereocenters. The third-order valence-corrected chi connectivity index (χ3v) is 9.35. The van der Waals surface area contributed by atoms with Crippen molar-refractivity contribution >= 4 is 11.9 Å². The normalized spacial score (nSPS) is 45.1. The maximum absolute atomic E-state index is 12.5. The van der Waals surface area contributed by atoms with Crippen molar-refractivity contribution in [2.24, 2.45) is 11.7 Å². The molecule has 0 radical (unpaired) electrons. The van der Waals surface area contributed by atoms with Crippen LogP contribution in [0.2, 0.25) is 0 Å². The van der Waals surface area contributed by atoms with Crippen molar-refractivity contribution in [3.63, 3.8) is 0 Å². The Labute approximate surface area is 292 Å². The summed E-state index contributed by atoms with van der Waals surface area (Å²) in [5.74, 6) is -5.41. The van der Waals surface area contributed by atoms with Gasteiger partial charge in [0.1, 0.15) is 24.2 Å². The first-order valence-corrected chi connectivity index (χ1v) is 17.4. The number of hydrogen-bond acceptors (Lipinski definition) is 13. The van der Waals surface area contributed by atoms with Crippen molar-refractivity contribution < 1.29 is 63.9 Å². The van der Waals surface area contributed by atoms with Crippen LogP contribution in [0.1, 0.15) is 65.2 Å². The summed E-state index contributed by atoms with van der Waals surface area (Å²) in [4.78, 5) is 24.8. The third kappa shape index (κ3) is 11.6. The molecular formula is C36H53NO13. The zero-order valence-corrected chi connectivity index (χ0v) is 28.6. The number of fused-ring (bicyclic) bond motifs is 3. The molecular weight excluding hydrogens is 654 g/mol. The number of allylic oxidation sites excluding steroid dienone is 6. The van der Waals surface area contributed by atoms with Crippen LogP contribution in [0.25, 0.3) is 0 Å². The van der Waals surface area contributed by atoms with Crippen molar-refractivity contribution in [1.29, 1.82) is 0 Å². The summed E-state index contributed by atoms with van der Waals surface area (Å²) in [5, 5.41) is 64.2. The molecule has 2 bridgehead atoms. The van der Waals surface area contributed by atoms with Gasteiger partial charge in [0.15, 0.2) is 12.1 Å². The van der Waals surface area contributed by atoms with Crippen molar-refractivity contribution in [3.8, 4) is 0 Å². The minimum absolute atomic E-state index is 0.0816. The fourth-order valence-corrected chi connectivity index (χ4v) is 6.54. The van der Waals surface area contributed by atoms with E-state index in [1.54, 1.807) is 43.4 Å². The van der Waals surface area contributed by atoms with Crippen LogP contribution < -0.4 is 5.73 Å². The fraction of sp³-hybridized carbons (Fsp3) is 0.667. The highest BCUT2D eigenvalue weighted by atomic mass is 16.7. The Hall–Kier alpha value is -2.76. The number of carbonyl (C=O) groups is 2. The van der Waals surface area contributed by atoms with Crippen molar-refractivity contribution in [3.05, 3.63) is 60.8 Å². The van der Waals surface area contributed by atoms with Gasteiger partial charge < -0.3 is 60.1 Å². The number of carboxylic acid groups (broad SMARTS) is 1. The molecule has 4 aliphatic heterocycles. The second-order valence-electron chi connectivity index (χ2n) is 13.5. The summed E-state index contributed by atoms with van der Waals surface area (Å²) in [5.41, 5.74) is 6.00. The predicted octanol–water partition coefficient (Wildman–Crippen LogP) is 1.29. The van der Waals surface area contributed by atoms with Crippen LogP contribution in [-0.4, -0.2) is 122 Å². The molecule has 0 spiro atoms. The molecule has 3 saturated heterocycles. The minimum Gasteiger partial charge on any atom is -0.481 e. The van der Waals surface area contributed by atoms with E-state index in [0.29, 0.717) is 6.42 Å². The Bertz CT molecular complexity index is 1270. The number of aliphatic carboxylic acids is 1. The Kier molecular flexibility index (Phi) is 14.9. The predicted molar refractivity (Wildman–Crippen MR) is 179 cm³/mol. The number of rotatable bonds is 6. The lowest BCUT2D eigenvalue weighted by molar-refractivity contribution is -0.308. The number of carbonyl (C=O) groups excluding carboxylic acids is 1. The van der Waals surface area contributed by atoms with Gasteiger partial charge in [0.2, 0.25) is 0 Å². The largest absolute Gasteiger partial charge is 0.481 e. The lowest BCUT2D eigenvalue weighted by Crippen LogP contribution is -2.61. The summed E-state index contributed by atoms with van der Waals surface area (Å²) >= 11 is 0. The SMILES string of the molecule is CCCCC1C/C=C/C=C/C=C/C=C/[C@H](O[C@@H]2O[C@H](C)[C@@H](O)[C@H](N)[C@@H]2O)CC2O[C@](O)(C[C@@H](O)C[C@H]3OC3/C=C/C(=O)O1)C[C@H](O)[C@H]2C(=O)O. The molecule has 14 atom stereocenters. The Morgan fingerprint density at radius 2 is 1.70 bits per heavy atom. The molecule has 0 aromatic carbocycles. The molecule has 4 rings (SSSR count).